The Morgan fingerprint density at radius 1 is 1.08 bits per heavy atom. The predicted octanol–water partition coefficient (Wildman–Crippen LogP) is 4.91. The first-order valence-electron chi connectivity index (χ1n) is 12.7. The summed E-state index contributed by atoms with van der Waals surface area (Å²) < 4.78 is 22.1. The number of benzene rings is 2. The lowest BCUT2D eigenvalue weighted by Gasteiger charge is -2.20. The summed E-state index contributed by atoms with van der Waals surface area (Å²) in [4.78, 5) is 16.1. The van der Waals surface area contributed by atoms with Crippen LogP contribution in [-0.4, -0.2) is 51.2 Å². The Morgan fingerprint density at radius 2 is 1.84 bits per heavy atom. The molecule has 0 radical (unpaired) electrons. The number of methoxy groups -OCH3 is 1. The van der Waals surface area contributed by atoms with E-state index in [9.17, 15) is 4.39 Å². The van der Waals surface area contributed by atoms with E-state index in [1.54, 1.807) is 16.8 Å². The van der Waals surface area contributed by atoms with Crippen LogP contribution in [0.15, 0.2) is 54.9 Å². The van der Waals surface area contributed by atoms with E-state index in [2.05, 4.69) is 33.8 Å². The Balaban J connectivity index is 0.000000620. The van der Waals surface area contributed by atoms with Gasteiger partial charge in [-0.1, -0.05) is 19.1 Å². The van der Waals surface area contributed by atoms with E-state index >= 15 is 0 Å². The van der Waals surface area contributed by atoms with Crippen LogP contribution in [0, 0.1) is 30.5 Å². The fourth-order valence-electron chi connectivity index (χ4n) is 5.86. The van der Waals surface area contributed by atoms with Crippen LogP contribution in [0.2, 0.25) is 0 Å². The number of hydrogen-bond acceptors (Lipinski definition) is 6. The normalized spacial score (nSPS) is 19.8. The lowest BCUT2D eigenvalue weighted by molar-refractivity contribution is -0.126. The first-order chi connectivity index (χ1) is 18.4. The zero-order valence-corrected chi connectivity index (χ0v) is 21.8. The number of hydrogen-bond donors (Lipinski definition) is 0. The van der Waals surface area contributed by atoms with Crippen LogP contribution in [-0.2, 0) is 16.6 Å². The molecule has 0 N–H and O–H groups in total. The summed E-state index contributed by atoms with van der Waals surface area (Å²) in [5.41, 5.74) is 5.17. The van der Waals surface area contributed by atoms with Crippen molar-refractivity contribution in [2.75, 3.05) is 25.1 Å². The molecule has 8 nitrogen and oxygen atoms in total. The standard InChI is InChI=1S/C27H25FN6.C2H4O2/c1-15-9-17(28)10-20-26(19-5-4-6-24-23(19)12-32(3)30-24)31-34(27(15)20)18-7-8-25(29-11-18)33-13-21-16(2)22(21)14-33;1-4-2-3/h4-12,16,21-22H,13-14H2,1-3H3;2H,1H3/t16?,21-,22?;/m1./s1. The number of aryl methyl sites for hydroxylation is 2. The molecule has 0 spiro atoms. The maximum Gasteiger partial charge on any atom is 0.292 e. The third kappa shape index (κ3) is 3.98. The van der Waals surface area contributed by atoms with Crippen LogP contribution < -0.4 is 4.90 Å². The highest BCUT2D eigenvalue weighted by Gasteiger charge is 2.52. The minimum absolute atomic E-state index is 0.264. The second kappa shape index (κ2) is 9.24. The van der Waals surface area contributed by atoms with Gasteiger partial charge in [0.2, 0.25) is 0 Å². The molecule has 1 saturated heterocycles. The van der Waals surface area contributed by atoms with Crippen molar-refractivity contribution in [2.24, 2.45) is 24.8 Å². The molecule has 38 heavy (non-hydrogen) atoms. The molecule has 2 aliphatic rings. The minimum Gasteiger partial charge on any atom is -0.471 e. The van der Waals surface area contributed by atoms with Gasteiger partial charge in [0.05, 0.1) is 30.0 Å². The van der Waals surface area contributed by atoms with E-state index < -0.39 is 0 Å². The summed E-state index contributed by atoms with van der Waals surface area (Å²) in [7, 11) is 3.22. The first-order valence-corrected chi connectivity index (χ1v) is 12.7. The van der Waals surface area contributed by atoms with Gasteiger partial charge in [-0.25, -0.2) is 14.1 Å². The topological polar surface area (TPSA) is 78.1 Å². The van der Waals surface area contributed by atoms with Crippen molar-refractivity contribution in [1.82, 2.24) is 24.5 Å². The third-order valence-electron chi connectivity index (χ3n) is 7.87. The van der Waals surface area contributed by atoms with E-state index in [-0.39, 0.29) is 5.82 Å². The molecule has 1 aliphatic heterocycles. The molecule has 9 heteroatoms. The summed E-state index contributed by atoms with van der Waals surface area (Å²) in [5.74, 6) is 3.26. The summed E-state index contributed by atoms with van der Waals surface area (Å²) in [5, 5.41) is 11.3. The largest absolute Gasteiger partial charge is 0.471 e. The van der Waals surface area contributed by atoms with E-state index in [1.807, 2.05) is 49.2 Å². The predicted molar refractivity (Wildman–Crippen MR) is 145 cm³/mol. The third-order valence-corrected chi connectivity index (χ3v) is 7.87. The van der Waals surface area contributed by atoms with Gasteiger partial charge < -0.3 is 9.64 Å². The van der Waals surface area contributed by atoms with Crippen molar-refractivity contribution in [2.45, 2.75) is 13.8 Å². The number of rotatable bonds is 4. The highest BCUT2D eigenvalue weighted by atomic mass is 19.1. The second-order valence-electron chi connectivity index (χ2n) is 10.2. The second-order valence-corrected chi connectivity index (χ2v) is 10.2. The molecule has 194 valence electrons. The smallest absolute Gasteiger partial charge is 0.292 e. The van der Waals surface area contributed by atoms with Crippen molar-refractivity contribution >= 4 is 34.1 Å². The van der Waals surface area contributed by atoms with Crippen LogP contribution in [0.25, 0.3) is 38.8 Å². The Kier molecular flexibility index (Phi) is 5.86. The van der Waals surface area contributed by atoms with Gasteiger partial charge in [0.15, 0.2) is 0 Å². The molecule has 7 rings (SSSR count). The molecular weight excluding hydrogens is 483 g/mol. The van der Waals surface area contributed by atoms with Gasteiger partial charge in [-0.05, 0) is 60.6 Å². The molecule has 1 saturated carbocycles. The SMILES string of the molecule is COC=O.Cc1cc(F)cc2c(-c3cccc4nn(C)cc34)nn(-c3ccc(N4CC5C(C)[C@H]5C4)nc3)c12. The van der Waals surface area contributed by atoms with Gasteiger partial charge in [0.1, 0.15) is 17.3 Å². The lowest BCUT2D eigenvalue weighted by atomic mass is 10.0. The van der Waals surface area contributed by atoms with Gasteiger partial charge in [0, 0.05) is 42.7 Å². The molecule has 4 heterocycles. The highest BCUT2D eigenvalue weighted by Crippen LogP contribution is 2.51. The molecule has 3 atom stereocenters. The first kappa shape index (κ1) is 24.1. The minimum atomic E-state index is -0.264. The van der Waals surface area contributed by atoms with Crippen LogP contribution in [0.1, 0.15) is 12.5 Å². The van der Waals surface area contributed by atoms with Gasteiger partial charge >= 0.3 is 0 Å². The molecule has 2 aromatic carbocycles. The summed E-state index contributed by atoms with van der Waals surface area (Å²) >= 11 is 0. The Labute approximate surface area is 219 Å². The van der Waals surface area contributed by atoms with Crippen LogP contribution >= 0.6 is 0 Å². The van der Waals surface area contributed by atoms with Crippen LogP contribution in [0.5, 0.6) is 0 Å². The molecule has 3 aromatic heterocycles. The van der Waals surface area contributed by atoms with Crippen molar-refractivity contribution < 1.29 is 13.9 Å². The van der Waals surface area contributed by atoms with Crippen LogP contribution in [0.3, 0.4) is 0 Å². The molecular formula is C29H29FN6O2. The van der Waals surface area contributed by atoms with E-state index in [1.165, 1.54) is 7.11 Å². The fourth-order valence-corrected chi connectivity index (χ4v) is 5.86. The zero-order chi connectivity index (χ0) is 26.6. The number of anilines is 1. The van der Waals surface area contributed by atoms with Crippen molar-refractivity contribution in [3.63, 3.8) is 0 Å². The zero-order valence-electron chi connectivity index (χ0n) is 21.8. The van der Waals surface area contributed by atoms with Crippen molar-refractivity contribution in [3.8, 4) is 16.9 Å². The Bertz CT molecular complexity index is 1650. The number of fused-ring (bicyclic) bond motifs is 3. The summed E-state index contributed by atoms with van der Waals surface area (Å²) in [6, 6.07) is 13.3. The average Bonchev–Trinajstić information content (AvgIpc) is 3.35. The number of ether oxygens (including phenoxy) is 1. The van der Waals surface area contributed by atoms with Gasteiger partial charge in [-0.2, -0.15) is 10.2 Å². The van der Waals surface area contributed by atoms with Crippen molar-refractivity contribution in [1.29, 1.82) is 0 Å². The lowest BCUT2D eigenvalue weighted by Crippen LogP contribution is -2.24. The van der Waals surface area contributed by atoms with E-state index in [4.69, 9.17) is 14.9 Å². The number of piperidine rings is 1. The number of carbonyl (C=O) groups excluding carboxylic acids is 1. The highest BCUT2D eigenvalue weighted by molar-refractivity contribution is 6.03. The van der Waals surface area contributed by atoms with Gasteiger partial charge in [-0.3, -0.25) is 9.48 Å². The Morgan fingerprint density at radius 3 is 2.53 bits per heavy atom. The Hall–Kier alpha value is -4.27. The molecule has 0 amide bonds. The molecule has 2 fully saturated rings. The monoisotopic (exact) mass is 512 g/mol. The molecule has 2 unspecified atom stereocenters. The number of aromatic nitrogens is 5. The number of halogens is 1. The van der Waals surface area contributed by atoms with Gasteiger partial charge in [-0.15, -0.1) is 0 Å². The quantitative estimate of drug-likeness (QED) is 0.319. The van der Waals surface area contributed by atoms with E-state index in [0.29, 0.717) is 6.47 Å². The van der Waals surface area contributed by atoms with E-state index in [0.717, 1.165) is 81.0 Å². The van der Waals surface area contributed by atoms with Gasteiger partial charge in [0.25, 0.3) is 6.47 Å². The number of carbonyl (C=O) groups is 1. The molecule has 5 aromatic rings. The molecule has 0 bridgehead atoms. The maximum absolute atomic E-state index is 14.5. The van der Waals surface area contributed by atoms with Crippen LogP contribution in [0.4, 0.5) is 10.2 Å². The van der Waals surface area contributed by atoms with Crippen molar-refractivity contribution in [3.05, 3.63) is 66.2 Å². The average molecular weight is 513 g/mol. The summed E-state index contributed by atoms with van der Waals surface area (Å²) in [6.07, 6.45) is 3.87. The molecule has 1 aliphatic carbocycles. The summed E-state index contributed by atoms with van der Waals surface area (Å²) in [6.45, 7) is 6.85. The number of nitrogens with zero attached hydrogens (tertiary/aromatic N) is 6. The number of pyridine rings is 1. The maximum atomic E-state index is 14.5. The fraction of sp³-hybridized carbons (Fsp3) is 0.310.